The molecular weight excluding hydrogens is 216 g/mol. The number of hydrazine groups is 1. The lowest BCUT2D eigenvalue weighted by Gasteiger charge is -2.31. The first-order valence-electron chi connectivity index (χ1n) is 5.94. The van der Waals surface area contributed by atoms with E-state index in [9.17, 15) is 4.79 Å². The van der Waals surface area contributed by atoms with E-state index in [-0.39, 0.29) is 11.9 Å². The van der Waals surface area contributed by atoms with Crippen LogP contribution in [0.15, 0.2) is 18.3 Å². The van der Waals surface area contributed by atoms with Crippen molar-refractivity contribution in [1.29, 1.82) is 0 Å². The van der Waals surface area contributed by atoms with Gasteiger partial charge in [0.15, 0.2) is 0 Å². The average molecular weight is 234 g/mol. The van der Waals surface area contributed by atoms with Gasteiger partial charge in [0.1, 0.15) is 5.82 Å². The quantitative estimate of drug-likeness (QED) is 0.541. The van der Waals surface area contributed by atoms with Crippen LogP contribution < -0.4 is 16.6 Å². The summed E-state index contributed by atoms with van der Waals surface area (Å²) >= 11 is 0. The second kappa shape index (κ2) is 5.14. The summed E-state index contributed by atoms with van der Waals surface area (Å²) in [6, 6.07) is 3.64. The van der Waals surface area contributed by atoms with Crippen LogP contribution in [-0.4, -0.2) is 16.9 Å². The molecule has 1 atom stereocenters. The maximum Gasteiger partial charge on any atom is 0.253 e. The summed E-state index contributed by atoms with van der Waals surface area (Å²) in [6.07, 6.45) is 5.24. The molecule has 0 radical (unpaired) electrons. The van der Waals surface area contributed by atoms with Gasteiger partial charge in [-0.2, -0.15) is 0 Å². The van der Waals surface area contributed by atoms with Gasteiger partial charge in [0, 0.05) is 12.2 Å². The molecular formula is C12H18N4O. The third-order valence-corrected chi connectivity index (χ3v) is 3.39. The van der Waals surface area contributed by atoms with E-state index in [1.165, 1.54) is 25.5 Å². The lowest BCUT2D eigenvalue weighted by molar-refractivity contribution is 0.0909. The number of aromatic nitrogens is 1. The van der Waals surface area contributed by atoms with Crippen molar-refractivity contribution in [3.05, 3.63) is 23.9 Å². The maximum atomic E-state index is 11.9. The van der Waals surface area contributed by atoms with Gasteiger partial charge in [-0.05, 0) is 37.8 Å². The summed E-state index contributed by atoms with van der Waals surface area (Å²) in [5, 5.41) is 3.00. The Labute approximate surface area is 101 Å². The number of nitrogens with one attached hydrogen (secondary N) is 2. The SMILES string of the molecule is CC(NC(=O)c1ccc(NN)nc1)C1CCC1. The molecule has 1 aliphatic carbocycles. The normalized spacial score (nSPS) is 17.1. The highest BCUT2D eigenvalue weighted by Gasteiger charge is 2.25. The molecule has 0 spiro atoms. The van der Waals surface area contributed by atoms with Crippen LogP contribution in [0.2, 0.25) is 0 Å². The van der Waals surface area contributed by atoms with Crippen LogP contribution in [0.4, 0.5) is 5.82 Å². The largest absolute Gasteiger partial charge is 0.349 e. The standard InChI is InChI=1S/C12H18N4O/c1-8(9-3-2-4-9)15-12(17)10-5-6-11(16-13)14-7-10/h5-9H,2-4,13H2,1H3,(H,14,16)(H,15,17). The second-order valence-electron chi connectivity index (χ2n) is 4.53. The topological polar surface area (TPSA) is 80.0 Å². The minimum atomic E-state index is -0.0690. The van der Waals surface area contributed by atoms with Crippen LogP contribution in [0, 0.1) is 5.92 Å². The molecule has 1 aromatic heterocycles. The van der Waals surface area contributed by atoms with Crippen molar-refractivity contribution >= 4 is 11.7 Å². The van der Waals surface area contributed by atoms with E-state index in [4.69, 9.17) is 5.84 Å². The van der Waals surface area contributed by atoms with Crippen LogP contribution in [0.3, 0.4) is 0 Å². The van der Waals surface area contributed by atoms with E-state index in [1.807, 2.05) is 0 Å². The number of nitrogens with two attached hydrogens (primary N) is 1. The monoisotopic (exact) mass is 234 g/mol. The Hall–Kier alpha value is -1.62. The van der Waals surface area contributed by atoms with Gasteiger partial charge >= 0.3 is 0 Å². The first kappa shape index (κ1) is 11.9. The van der Waals surface area contributed by atoms with Gasteiger partial charge in [-0.1, -0.05) is 6.42 Å². The molecule has 1 saturated carbocycles. The Bertz CT molecular complexity index is 386. The van der Waals surface area contributed by atoms with Gasteiger partial charge in [-0.3, -0.25) is 4.79 Å². The van der Waals surface area contributed by atoms with Gasteiger partial charge in [0.25, 0.3) is 5.91 Å². The molecule has 2 rings (SSSR count). The predicted octanol–water partition coefficient (Wildman–Crippen LogP) is 1.29. The fraction of sp³-hybridized carbons (Fsp3) is 0.500. The molecule has 0 saturated heterocycles. The van der Waals surface area contributed by atoms with Crippen molar-refractivity contribution in [3.63, 3.8) is 0 Å². The Morgan fingerprint density at radius 2 is 2.29 bits per heavy atom. The molecule has 1 aromatic rings. The highest BCUT2D eigenvalue weighted by Crippen LogP contribution is 2.29. The molecule has 0 bridgehead atoms. The summed E-state index contributed by atoms with van der Waals surface area (Å²) < 4.78 is 0. The van der Waals surface area contributed by atoms with Crippen molar-refractivity contribution in [2.75, 3.05) is 5.43 Å². The Morgan fingerprint density at radius 1 is 1.53 bits per heavy atom. The van der Waals surface area contributed by atoms with E-state index in [2.05, 4.69) is 22.7 Å². The van der Waals surface area contributed by atoms with Gasteiger partial charge in [-0.25, -0.2) is 10.8 Å². The number of carbonyl (C=O) groups excluding carboxylic acids is 1. The minimum absolute atomic E-state index is 0.0690. The van der Waals surface area contributed by atoms with Crippen molar-refractivity contribution in [2.45, 2.75) is 32.2 Å². The van der Waals surface area contributed by atoms with Crippen molar-refractivity contribution in [2.24, 2.45) is 11.8 Å². The van der Waals surface area contributed by atoms with Gasteiger partial charge in [0.05, 0.1) is 5.56 Å². The molecule has 4 N–H and O–H groups in total. The average Bonchev–Trinajstić information content (AvgIpc) is 2.26. The van der Waals surface area contributed by atoms with Crippen LogP contribution in [0.5, 0.6) is 0 Å². The highest BCUT2D eigenvalue weighted by atomic mass is 16.1. The maximum absolute atomic E-state index is 11.9. The molecule has 17 heavy (non-hydrogen) atoms. The van der Waals surface area contributed by atoms with Crippen LogP contribution in [-0.2, 0) is 0 Å². The summed E-state index contributed by atoms with van der Waals surface area (Å²) in [5.74, 6) is 6.33. The first-order chi connectivity index (χ1) is 8.20. The van der Waals surface area contributed by atoms with Gasteiger partial charge in [-0.15, -0.1) is 0 Å². The lowest BCUT2D eigenvalue weighted by Crippen LogP contribution is -2.40. The number of amides is 1. The number of hydrogen-bond acceptors (Lipinski definition) is 4. The van der Waals surface area contributed by atoms with E-state index in [0.717, 1.165) is 0 Å². The summed E-state index contributed by atoms with van der Waals surface area (Å²) in [4.78, 5) is 15.9. The molecule has 0 aromatic carbocycles. The van der Waals surface area contributed by atoms with Crippen molar-refractivity contribution in [1.82, 2.24) is 10.3 Å². The highest BCUT2D eigenvalue weighted by molar-refractivity contribution is 5.94. The van der Waals surface area contributed by atoms with E-state index < -0.39 is 0 Å². The van der Waals surface area contributed by atoms with E-state index in [0.29, 0.717) is 17.3 Å². The number of nitrogen functional groups attached to an aromatic ring is 1. The zero-order valence-electron chi connectivity index (χ0n) is 9.94. The molecule has 5 heteroatoms. The molecule has 1 amide bonds. The minimum Gasteiger partial charge on any atom is -0.349 e. The Kier molecular flexibility index (Phi) is 3.58. The van der Waals surface area contributed by atoms with Crippen LogP contribution in [0.1, 0.15) is 36.5 Å². The van der Waals surface area contributed by atoms with Crippen LogP contribution >= 0.6 is 0 Å². The van der Waals surface area contributed by atoms with Crippen LogP contribution in [0.25, 0.3) is 0 Å². The Morgan fingerprint density at radius 3 is 2.76 bits per heavy atom. The first-order valence-corrected chi connectivity index (χ1v) is 5.94. The van der Waals surface area contributed by atoms with E-state index >= 15 is 0 Å². The predicted molar refractivity (Wildman–Crippen MR) is 66.3 cm³/mol. The number of hydrogen-bond donors (Lipinski definition) is 3. The number of anilines is 1. The summed E-state index contributed by atoms with van der Waals surface area (Å²) in [6.45, 7) is 2.06. The van der Waals surface area contributed by atoms with Gasteiger partial charge in [0.2, 0.25) is 0 Å². The second-order valence-corrected chi connectivity index (χ2v) is 4.53. The Balaban J connectivity index is 1.93. The lowest BCUT2D eigenvalue weighted by atomic mass is 9.80. The smallest absolute Gasteiger partial charge is 0.253 e. The molecule has 0 aliphatic heterocycles. The number of rotatable bonds is 4. The van der Waals surface area contributed by atoms with Crippen molar-refractivity contribution in [3.8, 4) is 0 Å². The number of carbonyl (C=O) groups is 1. The zero-order chi connectivity index (χ0) is 12.3. The molecule has 1 heterocycles. The number of pyridine rings is 1. The number of nitrogens with zero attached hydrogens (tertiary/aromatic N) is 1. The fourth-order valence-electron chi connectivity index (χ4n) is 1.96. The third-order valence-electron chi connectivity index (χ3n) is 3.39. The molecule has 1 aliphatic rings. The third kappa shape index (κ3) is 2.74. The summed E-state index contributed by atoms with van der Waals surface area (Å²) in [7, 11) is 0. The zero-order valence-corrected chi connectivity index (χ0v) is 9.94. The molecule has 1 unspecified atom stereocenters. The molecule has 92 valence electrons. The van der Waals surface area contributed by atoms with E-state index in [1.54, 1.807) is 12.1 Å². The van der Waals surface area contributed by atoms with Gasteiger partial charge < -0.3 is 10.7 Å². The molecule has 1 fully saturated rings. The van der Waals surface area contributed by atoms with Crippen molar-refractivity contribution < 1.29 is 4.79 Å². The summed E-state index contributed by atoms with van der Waals surface area (Å²) in [5.41, 5.74) is 2.99. The fourth-order valence-corrected chi connectivity index (χ4v) is 1.96. The molecule has 5 nitrogen and oxygen atoms in total.